The summed E-state index contributed by atoms with van der Waals surface area (Å²) in [5, 5.41) is 2.58. The van der Waals surface area contributed by atoms with Gasteiger partial charge in [0, 0.05) is 11.4 Å². The average Bonchev–Trinajstić information content (AvgIpc) is 3.11. The van der Waals surface area contributed by atoms with E-state index in [4.69, 9.17) is 23.2 Å². The second-order valence-electron chi connectivity index (χ2n) is 4.87. The molecule has 3 nitrogen and oxygen atoms in total. The molecular formula is C14H13Cl2NO2S2. The van der Waals surface area contributed by atoms with Crippen LogP contribution in [0.3, 0.4) is 0 Å². The van der Waals surface area contributed by atoms with Gasteiger partial charge in [0.25, 0.3) is 0 Å². The molecule has 7 heteroatoms. The number of benzene rings is 1. The standard InChI is InChI=1S/C14H13Cl2NO2S2/c15-11-6-5-10(9-12(11)16)21(18,19)17-7-1-3-13(17)14-4-2-8-20-14/h2,4-6,8-9,13H,1,3,7H2/t13-/m0/s1. The van der Waals surface area contributed by atoms with Crippen molar-refractivity contribution in [1.82, 2.24) is 4.31 Å². The fraction of sp³-hybridized carbons (Fsp3) is 0.286. The molecule has 1 aliphatic heterocycles. The van der Waals surface area contributed by atoms with Crippen molar-refractivity contribution in [3.05, 3.63) is 50.6 Å². The molecule has 0 radical (unpaired) electrons. The van der Waals surface area contributed by atoms with E-state index in [0.717, 1.165) is 17.7 Å². The molecule has 1 aliphatic rings. The topological polar surface area (TPSA) is 37.4 Å². The molecule has 1 aromatic heterocycles. The summed E-state index contributed by atoms with van der Waals surface area (Å²) in [7, 11) is -3.56. The smallest absolute Gasteiger partial charge is 0.207 e. The lowest BCUT2D eigenvalue weighted by molar-refractivity contribution is 0.401. The summed E-state index contributed by atoms with van der Waals surface area (Å²) >= 11 is 13.4. The quantitative estimate of drug-likeness (QED) is 0.801. The summed E-state index contributed by atoms with van der Waals surface area (Å²) in [4.78, 5) is 1.27. The van der Waals surface area contributed by atoms with Gasteiger partial charge in [0.15, 0.2) is 0 Å². The van der Waals surface area contributed by atoms with Gasteiger partial charge in [-0.2, -0.15) is 4.31 Å². The number of halogens is 2. The Morgan fingerprint density at radius 3 is 2.67 bits per heavy atom. The van der Waals surface area contributed by atoms with Crippen LogP contribution in [0.1, 0.15) is 23.8 Å². The summed E-state index contributed by atoms with van der Waals surface area (Å²) < 4.78 is 27.2. The minimum Gasteiger partial charge on any atom is -0.207 e. The first-order valence-electron chi connectivity index (χ1n) is 6.50. The molecule has 0 aliphatic carbocycles. The van der Waals surface area contributed by atoms with Gasteiger partial charge < -0.3 is 0 Å². The van der Waals surface area contributed by atoms with Gasteiger partial charge in [0.05, 0.1) is 21.0 Å². The zero-order valence-electron chi connectivity index (χ0n) is 11.0. The van der Waals surface area contributed by atoms with Gasteiger partial charge in [0.1, 0.15) is 0 Å². The number of thiophene rings is 1. The molecule has 0 spiro atoms. The lowest BCUT2D eigenvalue weighted by Crippen LogP contribution is -2.30. The van der Waals surface area contributed by atoms with Crippen LogP contribution in [0.25, 0.3) is 0 Å². The Morgan fingerprint density at radius 1 is 1.19 bits per heavy atom. The van der Waals surface area contributed by atoms with Crippen molar-refractivity contribution in [2.24, 2.45) is 0 Å². The lowest BCUT2D eigenvalue weighted by Gasteiger charge is -2.23. The zero-order valence-corrected chi connectivity index (χ0v) is 14.1. The van der Waals surface area contributed by atoms with E-state index in [1.165, 1.54) is 18.2 Å². The predicted octanol–water partition coefficient (Wildman–Crippen LogP) is 4.58. The second kappa shape index (κ2) is 5.89. The van der Waals surface area contributed by atoms with Crippen molar-refractivity contribution < 1.29 is 8.42 Å². The molecular weight excluding hydrogens is 349 g/mol. The Labute approximate surface area is 138 Å². The van der Waals surface area contributed by atoms with Crippen LogP contribution in [0.4, 0.5) is 0 Å². The summed E-state index contributed by atoms with van der Waals surface area (Å²) in [6.07, 6.45) is 1.71. The minimum absolute atomic E-state index is 0.0792. The third-order valence-electron chi connectivity index (χ3n) is 3.57. The maximum Gasteiger partial charge on any atom is 0.243 e. The van der Waals surface area contributed by atoms with E-state index >= 15 is 0 Å². The van der Waals surface area contributed by atoms with Crippen molar-refractivity contribution in [1.29, 1.82) is 0 Å². The summed E-state index contributed by atoms with van der Waals surface area (Å²) in [5.74, 6) is 0. The maximum absolute atomic E-state index is 12.8. The highest BCUT2D eigenvalue weighted by molar-refractivity contribution is 7.89. The van der Waals surface area contributed by atoms with Crippen LogP contribution in [-0.2, 0) is 10.0 Å². The van der Waals surface area contributed by atoms with Crippen molar-refractivity contribution in [2.45, 2.75) is 23.8 Å². The highest BCUT2D eigenvalue weighted by Crippen LogP contribution is 2.39. The summed E-state index contributed by atoms with van der Waals surface area (Å²) in [5.41, 5.74) is 0. The molecule has 1 atom stereocenters. The SMILES string of the molecule is O=S(=O)(c1ccc(Cl)c(Cl)c1)N1CCC[C@H]1c1cccs1. The Balaban J connectivity index is 1.99. The Hall–Kier alpha value is -0.590. The third kappa shape index (κ3) is 2.85. The number of hydrogen-bond donors (Lipinski definition) is 0. The molecule has 0 bridgehead atoms. The molecule has 1 aromatic carbocycles. The van der Waals surface area contributed by atoms with Crippen LogP contribution in [0.15, 0.2) is 40.6 Å². The number of rotatable bonds is 3. The van der Waals surface area contributed by atoms with Gasteiger partial charge in [-0.3, -0.25) is 0 Å². The minimum atomic E-state index is -3.56. The molecule has 3 rings (SSSR count). The van der Waals surface area contributed by atoms with Crippen LogP contribution >= 0.6 is 34.5 Å². The largest absolute Gasteiger partial charge is 0.243 e. The van der Waals surface area contributed by atoms with Crippen LogP contribution in [0.5, 0.6) is 0 Å². The average molecular weight is 362 g/mol. The highest BCUT2D eigenvalue weighted by Gasteiger charge is 2.36. The van der Waals surface area contributed by atoms with E-state index in [9.17, 15) is 8.42 Å². The van der Waals surface area contributed by atoms with E-state index in [0.29, 0.717) is 11.6 Å². The van der Waals surface area contributed by atoms with Crippen molar-refractivity contribution >= 4 is 44.6 Å². The van der Waals surface area contributed by atoms with E-state index in [2.05, 4.69) is 0 Å². The van der Waals surface area contributed by atoms with Gasteiger partial charge >= 0.3 is 0 Å². The monoisotopic (exact) mass is 361 g/mol. The van der Waals surface area contributed by atoms with Crippen molar-refractivity contribution in [3.8, 4) is 0 Å². The summed E-state index contributed by atoms with van der Waals surface area (Å²) in [6.45, 7) is 0.533. The van der Waals surface area contributed by atoms with Crippen molar-refractivity contribution in [3.63, 3.8) is 0 Å². The Bertz CT molecular complexity index is 744. The molecule has 2 heterocycles. The molecule has 0 saturated carbocycles. The zero-order chi connectivity index (χ0) is 15.0. The van der Waals surface area contributed by atoms with E-state index in [1.54, 1.807) is 15.6 Å². The Morgan fingerprint density at radius 2 is 2.00 bits per heavy atom. The first-order valence-corrected chi connectivity index (χ1v) is 9.58. The fourth-order valence-electron chi connectivity index (χ4n) is 2.57. The van der Waals surface area contributed by atoms with Gasteiger partial charge in [0.2, 0.25) is 10.0 Å². The third-order valence-corrected chi connectivity index (χ3v) is 7.19. The molecule has 0 unspecified atom stereocenters. The van der Waals surface area contributed by atoms with Gasteiger partial charge in [-0.15, -0.1) is 11.3 Å². The molecule has 0 amide bonds. The fourth-order valence-corrected chi connectivity index (χ4v) is 5.57. The first kappa shape index (κ1) is 15.3. The van der Waals surface area contributed by atoms with Crippen LogP contribution < -0.4 is 0 Å². The highest BCUT2D eigenvalue weighted by atomic mass is 35.5. The molecule has 112 valence electrons. The molecule has 1 saturated heterocycles. The van der Waals surface area contributed by atoms with Crippen LogP contribution in [-0.4, -0.2) is 19.3 Å². The van der Waals surface area contributed by atoms with Crippen molar-refractivity contribution in [2.75, 3.05) is 6.54 Å². The van der Waals surface area contributed by atoms with E-state index in [-0.39, 0.29) is 16.0 Å². The number of sulfonamides is 1. The molecule has 1 fully saturated rings. The van der Waals surface area contributed by atoms with Gasteiger partial charge in [-0.1, -0.05) is 29.3 Å². The number of nitrogens with zero attached hydrogens (tertiary/aromatic N) is 1. The van der Waals surface area contributed by atoms with E-state index in [1.807, 2.05) is 17.5 Å². The predicted molar refractivity (Wildman–Crippen MR) is 86.6 cm³/mol. The molecule has 0 N–H and O–H groups in total. The van der Waals surface area contributed by atoms with Crippen LogP contribution in [0.2, 0.25) is 10.0 Å². The molecule has 2 aromatic rings. The lowest BCUT2D eigenvalue weighted by atomic mass is 10.2. The Kier molecular flexibility index (Phi) is 4.30. The number of hydrogen-bond acceptors (Lipinski definition) is 3. The van der Waals surface area contributed by atoms with Crippen LogP contribution in [0, 0.1) is 0 Å². The van der Waals surface area contributed by atoms with Gasteiger partial charge in [-0.25, -0.2) is 8.42 Å². The normalized spacial score (nSPS) is 20.0. The maximum atomic E-state index is 12.8. The second-order valence-corrected chi connectivity index (χ2v) is 8.55. The summed E-state index contributed by atoms with van der Waals surface area (Å²) in [6, 6.07) is 8.30. The van der Waals surface area contributed by atoms with E-state index < -0.39 is 10.0 Å². The molecule has 21 heavy (non-hydrogen) atoms. The first-order chi connectivity index (χ1) is 10.00. The van der Waals surface area contributed by atoms with Gasteiger partial charge in [-0.05, 0) is 42.5 Å².